The van der Waals surface area contributed by atoms with Gasteiger partial charge in [-0.05, 0) is 44.5 Å². The zero-order valence-corrected chi connectivity index (χ0v) is 15.3. The van der Waals surface area contributed by atoms with Gasteiger partial charge in [-0.1, -0.05) is 23.7 Å². The lowest BCUT2D eigenvalue weighted by Gasteiger charge is -2.42. The van der Waals surface area contributed by atoms with E-state index in [1.54, 1.807) is 22.1 Å². The SMILES string of the molecule is Cc1cccc(Cl)c1N1Cc2cnc(N)nc2N(C2CCNCC2)C1=O. The van der Waals surface area contributed by atoms with Crippen LogP contribution in [0.25, 0.3) is 0 Å². The van der Waals surface area contributed by atoms with Crippen molar-refractivity contribution in [2.45, 2.75) is 32.4 Å². The molecule has 8 heteroatoms. The number of fused-ring (bicyclic) bond motifs is 1. The molecule has 4 rings (SSSR count). The maximum absolute atomic E-state index is 13.5. The number of carbonyl (C=O) groups is 1. The topological polar surface area (TPSA) is 87.4 Å². The molecule has 26 heavy (non-hydrogen) atoms. The van der Waals surface area contributed by atoms with E-state index in [9.17, 15) is 4.79 Å². The molecule has 1 saturated heterocycles. The molecule has 0 atom stereocenters. The number of aryl methyl sites for hydroxylation is 1. The van der Waals surface area contributed by atoms with Crippen molar-refractivity contribution in [2.24, 2.45) is 0 Å². The highest BCUT2D eigenvalue weighted by Gasteiger charge is 2.38. The molecule has 2 amide bonds. The van der Waals surface area contributed by atoms with Crippen LogP contribution in [0.15, 0.2) is 24.4 Å². The van der Waals surface area contributed by atoms with Gasteiger partial charge < -0.3 is 11.1 Å². The number of nitrogen functional groups attached to an aromatic ring is 1. The summed E-state index contributed by atoms with van der Waals surface area (Å²) in [7, 11) is 0. The Kier molecular flexibility index (Phi) is 4.42. The van der Waals surface area contributed by atoms with Gasteiger partial charge in [0.1, 0.15) is 5.82 Å². The first-order valence-corrected chi connectivity index (χ1v) is 9.12. The van der Waals surface area contributed by atoms with Crippen LogP contribution in [0.1, 0.15) is 24.0 Å². The Hall–Kier alpha value is -2.38. The van der Waals surface area contributed by atoms with Gasteiger partial charge in [-0.25, -0.2) is 9.78 Å². The monoisotopic (exact) mass is 372 g/mol. The van der Waals surface area contributed by atoms with E-state index in [0.717, 1.165) is 42.7 Å². The number of hydrogen-bond acceptors (Lipinski definition) is 5. The van der Waals surface area contributed by atoms with Gasteiger partial charge in [0.2, 0.25) is 5.95 Å². The Balaban J connectivity index is 1.82. The fourth-order valence-electron chi connectivity index (χ4n) is 3.72. The number of nitrogens with one attached hydrogen (secondary N) is 1. The Morgan fingerprint density at radius 1 is 1.31 bits per heavy atom. The molecule has 7 nitrogen and oxygen atoms in total. The number of hydrogen-bond donors (Lipinski definition) is 2. The van der Waals surface area contributed by atoms with Crippen molar-refractivity contribution in [1.82, 2.24) is 15.3 Å². The van der Waals surface area contributed by atoms with Crippen LogP contribution in [0.3, 0.4) is 0 Å². The number of halogens is 1. The van der Waals surface area contributed by atoms with E-state index in [2.05, 4.69) is 15.3 Å². The van der Waals surface area contributed by atoms with Gasteiger partial charge in [0, 0.05) is 17.8 Å². The van der Waals surface area contributed by atoms with Crippen LogP contribution >= 0.6 is 11.6 Å². The van der Waals surface area contributed by atoms with Crippen molar-refractivity contribution >= 4 is 35.1 Å². The van der Waals surface area contributed by atoms with Crippen LogP contribution in [0.4, 0.5) is 22.2 Å². The fraction of sp³-hybridized carbons (Fsp3) is 0.389. The van der Waals surface area contributed by atoms with E-state index in [1.807, 2.05) is 19.1 Å². The van der Waals surface area contributed by atoms with Gasteiger partial charge >= 0.3 is 6.03 Å². The summed E-state index contributed by atoms with van der Waals surface area (Å²) in [4.78, 5) is 25.5. The van der Waals surface area contributed by atoms with Gasteiger partial charge in [0.25, 0.3) is 0 Å². The molecule has 2 aliphatic heterocycles. The molecule has 0 aliphatic carbocycles. The first-order valence-electron chi connectivity index (χ1n) is 8.74. The average Bonchev–Trinajstić information content (AvgIpc) is 2.63. The number of rotatable bonds is 2. The molecule has 3 N–H and O–H groups in total. The largest absolute Gasteiger partial charge is 0.368 e. The second-order valence-electron chi connectivity index (χ2n) is 6.70. The first kappa shape index (κ1) is 17.1. The molecule has 3 heterocycles. The third kappa shape index (κ3) is 2.87. The molecule has 1 aromatic heterocycles. The number of benzene rings is 1. The molecule has 1 fully saturated rings. The van der Waals surface area contributed by atoms with E-state index in [1.165, 1.54) is 0 Å². The zero-order chi connectivity index (χ0) is 18.3. The molecule has 1 aromatic carbocycles. The summed E-state index contributed by atoms with van der Waals surface area (Å²) in [5, 5.41) is 3.89. The molecule has 2 aromatic rings. The molecule has 2 aliphatic rings. The number of aromatic nitrogens is 2. The molecule has 136 valence electrons. The van der Waals surface area contributed by atoms with Crippen LogP contribution in [-0.4, -0.2) is 35.1 Å². The smallest absolute Gasteiger partial charge is 0.330 e. The molecule has 0 bridgehead atoms. The highest BCUT2D eigenvalue weighted by Crippen LogP contribution is 2.37. The standard InChI is InChI=1S/C18H21ClN6O/c1-11-3-2-4-14(19)15(11)24-10-12-9-22-17(20)23-16(12)25(18(24)26)13-5-7-21-8-6-13/h2-4,9,13,21H,5-8,10H2,1H3,(H2,20,22,23). The molecule has 0 unspecified atom stereocenters. The third-order valence-corrected chi connectivity index (χ3v) is 5.29. The van der Waals surface area contributed by atoms with E-state index in [4.69, 9.17) is 17.3 Å². The second kappa shape index (κ2) is 6.74. The van der Waals surface area contributed by atoms with Crippen molar-refractivity contribution in [3.63, 3.8) is 0 Å². The summed E-state index contributed by atoms with van der Waals surface area (Å²) >= 11 is 6.44. The maximum Gasteiger partial charge on any atom is 0.330 e. The summed E-state index contributed by atoms with van der Waals surface area (Å²) < 4.78 is 0. The van der Waals surface area contributed by atoms with Crippen molar-refractivity contribution in [3.05, 3.63) is 40.5 Å². The summed E-state index contributed by atoms with van der Waals surface area (Å²) in [5.74, 6) is 0.799. The van der Waals surface area contributed by atoms with E-state index < -0.39 is 0 Å². The summed E-state index contributed by atoms with van der Waals surface area (Å²) in [6.07, 6.45) is 3.44. The predicted molar refractivity (Wildman–Crippen MR) is 103 cm³/mol. The van der Waals surface area contributed by atoms with Crippen molar-refractivity contribution in [2.75, 3.05) is 28.6 Å². The normalized spacial score (nSPS) is 18.2. The van der Waals surface area contributed by atoms with Crippen molar-refractivity contribution in [1.29, 1.82) is 0 Å². The summed E-state index contributed by atoms with van der Waals surface area (Å²) in [6, 6.07) is 5.61. The number of urea groups is 1. The number of amides is 2. The zero-order valence-electron chi connectivity index (χ0n) is 14.6. The van der Waals surface area contributed by atoms with Gasteiger partial charge in [-0.2, -0.15) is 4.98 Å². The second-order valence-corrected chi connectivity index (χ2v) is 7.11. The third-order valence-electron chi connectivity index (χ3n) is 4.99. The first-order chi connectivity index (χ1) is 12.6. The summed E-state index contributed by atoms with van der Waals surface area (Å²) in [6.45, 7) is 4.07. The molecular weight excluding hydrogens is 352 g/mol. The van der Waals surface area contributed by atoms with E-state index in [0.29, 0.717) is 17.4 Å². The number of nitrogens with two attached hydrogens (primary N) is 1. The minimum absolute atomic E-state index is 0.0717. The lowest BCUT2D eigenvalue weighted by Crippen LogP contribution is -2.55. The van der Waals surface area contributed by atoms with Gasteiger partial charge in [-0.3, -0.25) is 9.80 Å². The van der Waals surface area contributed by atoms with Crippen LogP contribution in [0, 0.1) is 6.92 Å². The number of nitrogens with zero attached hydrogens (tertiary/aromatic N) is 4. The highest BCUT2D eigenvalue weighted by molar-refractivity contribution is 6.34. The van der Waals surface area contributed by atoms with Gasteiger partial charge in [0.15, 0.2) is 0 Å². The van der Waals surface area contributed by atoms with Gasteiger partial charge in [0.05, 0.1) is 17.3 Å². The lowest BCUT2D eigenvalue weighted by atomic mass is 10.0. The van der Waals surface area contributed by atoms with Crippen LogP contribution in [0.2, 0.25) is 5.02 Å². The van der Waals surface area contributed by atoms with E-state index >= 15 is 0 Å². The minimum atomic E-state index is -0.112. The van der Waals surface area contributed by atoms with Crippen molar-refractivity contribution in [3.8, 4) is 0 Å². The fourth-order valence-corrected chi connectivity index (χ4v) is 4.05. The number of carbonyl (C=O) groups excluding carboxylic acids is 1. The predicted octanol–water partition coefficient (Wildman–Crippen LogP) is 2.72. The molecule has 0 saturated carbocycles. The number of para-hydroxylation sites is 1. The van der Waals surface area contributed by atoms with Gasteiger partial charge in [-0.15, -0.1) is 0 Å². The lowest BCUT2D eigenvalue weighted by molar-refractivity contribution is 0.245. The Morgan fingerprint density at radius 3 is 2.81 bits per heavy atom. The van der Waals surface area contributed by atoms with Crippen LogP contribution in [-0.2, 0) is 6.54 Å². The molecule has 0 spiro atoms. The minimum Gasteiger partial charge on any atom is -0.368 e. The Labute approximate surface area is 157 Å². The Bertz CT molecular complexity index is 831. The quantitative estimate of drug-likeness (QED) is 0.846. The summed E-state index contributed by atoms with van der Waals surface area (Å²) in [5.41, 5.74) is 8.37. The average molecular weight is 373 g/mol. The molecular formula is C18H21ClN6O. The van der Waals surface area contributed by atoms with E-state index in [-0.39, 0.29) is 18.0 Å². The molecule has 0 radical (unpaired) electrons. The van der Waals surface area contributed by atoms with Crippen molar-refractivity contribution < 1.29 is 4.79 Å². The van der Waals surface area contributed by atoms with Crippen LogP contribution < -0.4 is 20.9 Å². The van der Waals surface area contributed by atoms with Crippen LogP contribution in [0.5, 0.6) is 0 Å². The maximum atomic E-state index is 13.5. The Morgan fingerprint density at radius 2 is 2.08 bits per heavy atom. The number of piperidine rings is 1. The number of anilines is 3. The highest BCUT2D eigenvalue weighted by atomic mass is 35.5.